The molecule has 0 bridgehead atoms. The molecule has 1 aliphatic rings. The van der Waals surface area contributed by atoms with E-state index in [1.54, 1.807) is 0 Å². The first kappa shape index (κ1) is 28.5. The summed E-state index contributed by atoms with van der Waals surface area (Å²) < 4.78 is 35.5. The van der Waals surface area contributed by atoms with E-state index >= 15 is 0 Å². The highest BCUT2D eigenvalue weighted by Gasteiger charge is 2.39. The topological polar surface area (TPSA) is 146 Å². The first-order chi connectivity index (χ1) is 17.2. The molecule has 12 nitrogen and oxygen atoms in total. The summed E-state index contributed by atoms with van der Waals surface area (Å²) in [7, 11) is 3.67. The molecule has 204 valence electrons. The van der Waals surface area contributed by atoms with Gasteiger partial charge in [-0.15, -0.1) is 0 Å². The van der Waals surface area contributed by atoms with Crippen LogP contribution in [0.3, 0.4) is 0 Å². The minimum absolute atomic E-state index is 0.0598. The molecule has 0 saturated heterocycles. The second kappa shape index (κ2) is 11.6. The minimum Gasteiger partial charge on any atom is -0.494 e. The van der Waals surface area contributed by atoms with Gasteiger partial charge in [0.1, 0.15) is 0 Å². The van der Waals surface area contributed by atoms with E-state index in [0.29, 0.717) is 60.3 Å². The summed E-state index contributed by atoms with van der Waals surface area (Å²) in [5.74, 6) is -0.239. The fourth-order valence-corrected chi connectivity index (χ4v) is 8.34. The lowest BCUT2D eigenvalue weighted by atomic mass is 9.90. The van der Waals surface area contributed by atoms with E-state index in [2.05, 4.69) is 0 Å². The molecule has 2 aromatic rings. The minimum atomic E-state index is -2.78. The fraction of sp³-hybridized carbons (Fsp3) is 0.636. The van der Waals surface area contributed by atoms with Crippen molar-refractivity contribution < 1.29 is 47.0 Å². The zero-order chi connectivity index (χ0) is 26.7. The molecule has 0 radical (unpaired) electrons. The Morgan fingerprint density at radius 3 is 1.00 bits per heavy atom. The van der Waals surface area contributed by atoms with Crippen molar-refractivity contribution >= 4 is 17.6 Å². The molecule has 2 aromatic heterocycles. The molecule has 0 atom stereocenters. The largest absolute Gasteiger partial charge is 0.500 e. The molecule has 0 amide bonds. The maximum atomic E-state index is 10.9. The third kappa shape index (κ3) is 5.04. The van der Waals surface area contributed by atoms with Gasteiger partial charge < -0.3 is 47.0 Å². The van der Waals surface area contributed by atoms with Crippen molar-refractivity contribution in [2.75, 3.05) is 42.7 Å². The zero-order valence-corrected chi connectivity index (χ0v) is 23.8. The van der Waals surface area contributed by atoms with Crippen LogP contribution in [0.1, 0.15) is 35.1 Å². The van der Waals surface area contributed by atoms with Crippen LogP contribution in [-0.4, -0.2) is 89.8 Å². The van der Waals surface area contributed by atoms with E-state index in [0.717, 1.165) is 0 Å². The Balaban J connectivity index is 1.77. The molecule has 0 fully saturated rings. The van der Waals surface area contributed by atoms with Gasteiger partial charge in [0.15, 0.2) is 23.5 Å². The highest BCUT2D eigenvalue weighted by molar-refractivity contribution is 6.60. The monoisotopic (exact) mass is 546 g/mol. The molecule has 0 aliphatic heterocycles. The van der Waals surface area contributed by atoms with E-state index in [1.807, 2.05) is 0 Å². The Labute approximate surface area is 213 Å². The van der Waals surface area contributed by atoms with E-state index in [-0.39, 0.29) is 36.4 Å². The summed E-state index contributed by atoms with van der Waals surface area (Å²) in [6, 6.07) is 1.01. The summed E-state index contributed by atoms with van der Waals surface area (Å²) >= 11 is 0. The van der Waals surface area contributed by atoms with Crippen LogP contribution in [0.15, 0.2) is 0 Å². The summed E-state index contributed by atoms with van der Waals surface area (Å²) in [6.07, 6.45) is 1.45. The van der Waals surface area contributed by atoms with Crippen LogP contribution < -0.4 is 0 Å². The Morgan fingerprint density at radius 1 is 0.528 bits per heavy atom. The summed E-state index contributed by atoms with van der Waals surface area (Å²) in [4.78, 5) is 0. The van der Waals surface area contributed by atoms with Crippen LogP contribution >= 0.6 is 0 Å². The molecular formula is C22H38N2O10Si2. The highest BCUT2D eigenvalue weighted by atomic mass is 28.4. The molecule has 4 N–H and O–H groups in total. The van der Waals surface area contributed by atoms with Crippen molar-refractivity contribution in [3.05, 3.63) is 22.3 Å². The predicted molar refractivity (Wildman–Crippen MR) is 134 cm³/mol. The van der Waals surface area contributed by atoms with Gasteiger partial charge in [-0.3, -0.25) is 9.13 Å². The van der Waals surface area contributed by atoms with E-state index in [9.17, 15) is 20.4 Å². The van der Waals surface area contributed by atoms with E-state index in [1.165, 1.54) is 51.8 Å². The third-order valence-corrected chi connectivity index (χ3v) is 12.8. The van der Waals surface area contributed by atoms with Crippen molar-refractivity contribution in [1.29, 1.82) is 0 Å². The van der Waals surface area contributed by atoms with Gasteiger partial charge in [-0.2, -0.15) is 0 Å². The number of fused-ring (bicyclic) bond motifs is 2. The number of rotatable bonds is 14. The molecule has 2 heterocycles. The molecule has 0 aromatic carbocycles. The Bertz CT molecular complexity index is 897. The van der Waals surface area contributed by atoms with Gasteiger partial charge in [0.05, 0.1) is 0 Å². The van der Waals surface area contributed by atoms with Crippen molar-refractivity contribution in [3.63, 3.8) is 0 Å². The van der Waals surface area contributed by atoms with Crippen LogP contribution in [-0.2, 0) is 52.5 Å². The van der Waals surface area contributed by atoms with Crippen LogP contribution in [0.2, 0.25) is 12.1 Å². The smallest absolute Gasteiger partial charge is 0.494 e. The average Bonchev–Trinajstić information content (AvgIpc) is 3.28. The molecule has 1 aliphatic carbocycles. The van der Waals surface area contributed by atoms with Crippen LogP contribution in [0.5, 0.6) is 23.5 Å². The van der Waals surface area contributed by atoms with Gasteiger partial charge >= 0.3 is 17.6 Å². The molecular weight excluding hydrogens is 508 g/mol. The van der Waals surface area contributed by atoms with Crippen molar-refractivity contribution in [3.8, 4) is 23.5 Å². The maximum absolute atomic E-state index is 10.9. The summed E-state index contributed by atoms with van der Waals surface area (Å²) in [5.41, 5.74) is 2.13. The molecule has 0 saturated carbocycles. The van der Waals surface area contributed by atoms with Crippen molar-refractivity contribution in [1.82, 2.24) is 9.13 Å². The number of hydrogen-bond acceptors (Lipinski definition) is 10. The van der Waals surface area contributed by atoms with Crippen LogP contribution in [0.25, 0.3) is 0 Å². The lowest BCUT2D eigenvalue weighted by Crippen LogP contribution is -2.42. The van der Waals surface area contributed by atoms with E-state index in [4.69, 9.17) is 26.6 Å². The Hall–Kier alpha value is -2.05. The number of aromatic hydroxyl groups is 4. The molecule has 14 heteroatoms. The van der Waals surface area contributed by atoms with Gasteiger partial charge in [-0.1, -0.05) is 0 Å². The van der Waals surface area contributed by atoms with Gasteiger partial charge in [0.2, 0.25) is 0 Å². The average molecular weight is 547 g/mol. The lowest BCUT2D eigenvalue weighted by Gasteiger charge is -2.24. The Morgan fingerprint density at radius 2 is 0.778 bits per heavy atom. The SMILES string of the molecule is CO[Si](CCCn1c(O)c2c(c1O)Cc1c(c(O)n(CCC[Si](OC)(OC)OC)c1O)C2)(OC)OC. The molecule has 3 rings (SSSR count). The third-order valence-electron chi connectivity index (χ3n) is 7.13. The fourth-order valence-electron chi connectivity index (χ4n) is 4.93. The number of hydrogen-bond donors (Lipinski definition) is 4. The van der Waals surface area contributed by atoms with Crippen LogP contribution in [0, 0.1) is 0 Å². The number of nitrogens with zero attached hydrogens (tertiary/aromatic N) is 2. The second-order valence-electron chi connectivity index (χ2n) is 8.66. The van der Waals surface area contributed by atoms with Crippen molar-refractivity contribution in [2.45, 2.75) is 50.9 Å². The van der Waals surface area contributed by atoms with E-state index < -0.39 is 17.6 Å². The van der Waals surface area contributed by atoms with Gasteiger partial charge in [0, 0.05) is 103 Å². The normalized spacial score (nSPS) is 13.7. The lowest BCUT2D eigenvalue weighted by molar-refractivity contribution is 0.122. The zero-order valence-electron chi connectivity index (χ0n) is 21.8. The molecule has 0 unspecified atom stereocenters. The standard InChI is InChI=1S/C22H38N2O10Si2/c1-29-35(30-2,31-3)11-7-9-23-19(25)15-13-17-18(14-16(15)20(23)26)22(28)24(21(17)27)10-8-12-36(32-4,33-5)34-6/h25-28H,7-14H2,1-6H3. The first-order valence-electron chi connectivity index (χ1n) is 11.7. The molecule has 0 spiro atoms. The molecule has 36 heavy (non-hydrogen) atoms. The van der Waals surface area contributed by atoms with Gasteiger partial charge in [-0.05, 0) is 12.8 Å². The van der Waals surface area contributed by atoms with Crippen LogP contribution in [0.4, 0.5) is 0 Å². The highest BCUT2D eigenvalue weighted by Crippen LogP contribution is 2.47. The predicted octanol–water partition coefficient (Wildman–Crippen LogP) is 2.14. The first-order valence-corrected chi connectivity index (χ1v) is 15.6. The number of aromatic nitrogens is 2. The van der Waals surface area contributed by atoms with Gasteiger partial charge in [-0.25, -0.2) is 0 Å². The second-order valence-corrected chi connectivity index (χ2v) is 14.8. The van der Waals surface area contributed by atoms with Gasteiger partial charge in [0.25, 0.3) is 0 Å². The summed E-state index contributed by atoms with van der Waals surface area (Å²) in [6.45, 7) is 0.642. The maximum Gasteiger partial charge on any atom is 0.500 e. The van der Waals surface area contributed by atoms with Crippen molar-refractivity contribution in [2.24, 2.45) is 0 Å². The summed E-state index contributed by atoms with van der Waals surface area (Å²) in [5, 5.41) is 43.6. The Kier molecular flexibility index (Phi) is 9.16. The quantitative estimate of drug-likeness (QED) is 0.222.